The summed E-state index contributed by atoms with van der Waals surface area (Å²) in [6, 6.07) is 3.78. The number of hydrogen-bond donors (Lipinski definition) is 1. The van der Waals surface area contributed by atoms with Gasteiger partial charge in [-0.25, -0.2) is 9.97 Å². The molecule has 0 aliphatic rings. The number of aromatic nitrogens is 4. The zero-order valence-corrected chi connectivity index (χ0v) is 18.7. The van der Waals surface area contributed by atoms with Gasteiger partial charge in [0.15, 0.2) is 14.1 Å². The molecule has 7 nitrogen and oxygen atoms in total. The molecule has 28 heavy (non-hydrogen) atoms. The molecule has 0 bridgehead atoms. The van der Waals surface area contributed by atoms with Crippen molar-refractivity contribution in [1.82, 2.24) is 19.5 Å². The smallest absolute Gasteiger partial charge is 0.192 e. The van der Waals surface area contributed by atoms with E-state index in [-0.39, 0.29) is 5.04 Å². The molecule has 0 aromatic carbocycles. The molecule has 8 heteroatoms. The number of nitrogens with two attached hydrogens (primary N) is 1. The van der Waals surface area contributed by atoms with E-state index in [0.29, 0.717) is 37.7 Å². The zero-order valence-electron chi connectivity index (χ0n) is 17.7. The summed E-state index contributed by atoms with van der Waals surface area (Å²) in [5.41, 5.74) is 9.35. The minimum atomic E-state index is -1.83. The molecule has 0 amide bonds. The van der Waals surface area contributed by atoms with Gasteiger partial charge in [0.1, 0.15) is 29.0 Å². The summed E-state index contributed by atoms with van der Waals surface area (Å²) in [6.07, 6.45) is 1.77. The number of pyridine rings is 2. The fourth-order valence-electron chi connectivity index (χ4n) is 2.92. The van der Waals surface area contributed by atoms with Crippen LogP contribution in [0, 0.1) is 0 Å². The predicted octanol–water partition coefficient (Wildman–Crippen LogP) is 4.12. The Morgan fingerprint density at radius 3 is 2.61 bits per heavy atom. The van der Waals surface area contributed by atoms with E-state index in [0.717, 1.165) is 22.4 Å². The highest BCUT2D eigenvalue weighted by molar-refractivity contribution is 6.74. The normalized spacial score (nSPS) is 12.9. The number of rotatable bonds is 7. The van der Waals surface area contributed by atoms with E-state index in [1.807, 2.05) is 19.1 Å². The summed E-state index contributed by atoms with van der Waals surface area (Å²) in [5.74, 6) is 1.24. The van der Waals surface area contributed by atoms with Crippen LogP contribution >= 0.6 is 0 Å². The van der Waals surface area contributed by atoms with Crippen LogP contribution in [-0.4, -0.2) is 41.1 Å². The summed E-state index contributed by atoms with van der Waals surface area (Å²) >= 11 is 0. The summed E-state index contributed by atoms with van der Waals surface area (Å²) in [7, 11) is -1.83. The van der Waals surface area contributed by atoms with E-state index in [9.17, 15) is 0 Å². The van der Waals surface area contributed by atoms with Crippen molar-refractivity contribution in [2.75, 3.05) is 18.9 Å². The number of imidazole rings is 1. The molecule has 3 aromatic rings. The Morgan fingerprint density at radius 1 is 1.18 bits per heavy atom. The molecule has 3 rings (SSSR count). The van der Waals surface area contributed by atoms with Gasteiger partial charge in [-0.05, 0) is 37.2 Å². The second-order valence-electron chi connectivity index (χ2n) is 8.49. The number of nitrogens with zero attached hydrogens (tertiary/aromatic N) is 4. The van der Waals surface area contributed by atoms with Gasteiger partial charge in [-0.3, -0.25) is 4.98 Å². The van der Waals surface area contributed by atoms with Crippen LogP contribution < -0.4 is 5.73 Å². The summed E-state index contributed by atoms with van der Waals surface area (Å²) in [4.78, 5) is 13.7. The van der Waals surface area contributed by atoms with Crippen molar-refractivity contribution in [3.63, 3.8) is 0 Å². The molecule has 0 aliphatic heterocycles. The number of ether oxygens (including phenoxy) is 1. The first kappa shape index (κ1) is 20.7. The maximum absolute atomic E-state index is 6.40. The van der Waals surface area contributed by atoms with Gasteiger partial charge in [-0.15, -0.1) is 0 Å². The van der Waals surface area contributed by atoms with E-state index in [4.69, 9.17) is 19.9 Å². The van der Waals surface area contributed by atoms with Crippen molar-refractivity contribution in [3.05, 3.63) is 24.2 Å². The molecule has 0 unspecified atom stereocenters. The highest BCUT2D eigenvalue weighted by Crippen LogP contribution is 2.36. The van der Waals surface area contributed by atoms with Crippen LogP contribution in [-0.2, 0) is 22.3 Å². The minimum Gasteiger partial charge on any atom is -0.415 e. The van der Waals surface area contributed by atoms with Crippen molar-refractivity contribution in [2.24, 2.45) is 0 Å². The quantitative estimate of drug-likeness (QED) is 0.599. The molecule has 3 heterocycles. The van der Waals surface area contributed by atoms with E-state index in [2.05, 4.69) is 48.4 Å². The maximum atomic E-state index is 6.40. The lowest BCUT2D eigenvalue weighted by atomic mass is 10.2. The third-order valence-electron chi connectivity index (χ3n) is 5.56. The van der Waals surface area contributed by atoms with Gasteiger partial charge in [0.25, 0.3) is 0 Å². The van der Waals surface area contributed by atoms with E-state index < -0.39 is 8.32 Å². The highest BCUT2D eigenvalue weighted by Gasteiger charge is 2.37. The fourth-order valence-corrected chi connectivity index (χ4v) is 3.96. The Balaban J connectivity index is 2.03. The summed E-state index contributed by atoms with van der Waals surface area (Å²) in [5, 5.41) is 0.167. The Kier molecular flexibility index (Phi) is 5.74. The van der Waals surface area contributed by atoms with Crippen LogP contribution in [0.25, 0.3) is 22.1 Å². The molecule has 3 aromatic heterocycles. The van der Waals surface area contributed by atoms with Gasteiger partial charge in [-0.2, -0.15) is 0 Å². The van der Waals surface area contributed by atoms with Crippen molar-refractivity contribution in [1.29, 1.82) is 0 Å². The van der Waals surface area contributed by atoms with Gasteiger partial charge in [0, 0.05) is 19.3 Å². The van der Waals surface area contributed by atoms with Crippen molar-refractivity contribution < 1.29 is 9.16 Å². The Labute approximate surface area is 167 Å². The fraction of sp³-hybridized carbons (Fsp3) is 0.550. The molecule has 0 spiro atoms. The molecule has 152 valence electrons. The second kappa shape index (κ2) is 7.77. The van der Waals surface area contributed by atoms with Crippen LogP contribution in [0.4, 0.5) is 5.82 Å². The van der Waals surface area contributed by atoms with Crippen LogP contribution in [0.3, 0.4) is 0 Å². The van der Waals surface area contributed by atoms with E-state index in [1.54, 1.807) is 6.20 Å². The Bertz CT molecular complexity index is 978. The highest BCUT2D eigenvalue weighted by atomic mass is 28.4. The number of nitrogen functional groups attached to an aromatic ring is 1. The maximum Gasteiger partial charge on any atom is 0.192 e. The largest absolute Gasteiger partial charge is 0.415 e. The van der Waals surface area contributed by atoms with Gasteiger partial charge >= 0.3 is 0 Å². The Hall–Kier alpha value is -2.03. The lowest BCUT2D eigenvalue weighted by molar-refractivity contribution is 0.125. The van der Waals surface area contributed by atoms with Crippen LogP contribution in [0.2, 0.25) is 18.1 Å². The average Bonchev–Trinajstić information content (AvgIpc) is 2.98. The molecule has 2 N–H and O–H groups in total. The summed E-state index contributed by atoms with van der Waals surface area (Å²) < 4.78 is 14.2. The van der Waals surface area contributed by atoms with E-state index in [1.165, 1.54) is 0 Å². The monoisotopic (exact) mass is 401 g/mol. The molecular formula is C20H31N5O2Si. The third-order valence-corrected chi connectivity index (χ3v) is 10.1. The van der Waals surface area contributed by atoms with Gasteiger partial charge in [0.2, 0.25) is 0 Å². The van der Waals surface area contributed by atoms with Crippen LogP contribution in [0.5, 0.6) is 0 Å². The first-order valence-corrected chi connectivity index (χ1v) is 12.7. The first-order valence-electron chi connectivity index (χ1n) is 9.76. The average molecular weight is 402 g/mol. The van der Waals surface area contributed by atoms with Crippen LogP contribution in [0.15, 0.2) is 18.3 Å². The summed E-state index contributed by atoms with van der Waals surface area (Å²) in [6.45, 7) is 15.6. The van der Waals surface area contributed by atoms with Gasteiger partial charge in [-0.1, -0.05) is 20.8 Å². The molecule has 0 atom stereocenters. The zero-order chi connectivity index (χ0) is 20.5. The van der Waals surface area contributed by atoms with Crippen molar-refractivity contribution >= 4 is 36.2 Å². The molecule has 0 fully saturated rings. The third kappa shape index (κ3) is 3.90. The van der Waals surface area contributed by atoms with Crippen molar-refractivity contribution in [2.45, 2.75) is 59.0 Å². The van der Waals surface area contributed by atoms with Gasteiger partial charge in [0.05, 0.1) is 12.1 Å². The molecule has 0 saturated heterocycles. The lowest BCUT2D eigenvalue weighted by Crippen LogP contribution is -2.41. The van der Waals surface area contributed by atoms with Gasteiger partial charge < -0.3 is 19.5 Å². The Morgan fingerprint density at radius 2 is 1.93 bits per heavy atom. The number of hydrogen-bond acceptors (Lipinski definition) is 6. The van der Waals surface area contributed by atoms with Crippen LogP contribution in [0.1, 0.15) is 33.5 Å². The molecule has 0 radical (unpaired) electrons. The molecule has 0 saturated carbocycles. The topological polar surface area (TPSA) is 88.1 Å². The SMILES string of the molecule is CCOCc1nc2c(N)nc3cccnc3c2n1CCO[Si](C)(C)C(C)(C)C. The standard InChI is InChI=1S/C20H31N5O2Si/c1-7-26-13-15-24-17-18(16-14(23-19(17)21)9-8-10-22-16)25(15)11-12-27-28(5,6)20(2,3)4/h8-10H,7,11-13H2,1-6H3,(H2,21,23). The first-order chi connectivity index (χ1) is 13.2. The molecular weight excluding hydrogens is 370 g/mol. The van der Waals surface area contributed by atoms with Crippen molar-refractivity contribution in [3.8, 4) is 0 Å². The molecule has 0 aliphatic carbocycles. The second-order valence-corrected chi connectivity index (χ2v) is 13.3. The number of fused-ring (bicyclic) bond motifs is 3. The minimum absolute atomic E-state index is 0.167. The lowest BCUT2D eigenvalue weighted by Gasteiger charge is -2.36. The predicted molar refractivity (Wildman–Crippen MR) is 116 cm³/mol. The van der Waals surface area contributed by atoms with E-state index >= 15 is 0 Å². The number of anilines is 1.